The van der Waals surface area contributed by atoms with E-state index in [-0.39, 0.29) is 6.03 Å². The zero-order valence-electron chi connectivity index (χ0n) is 9.35. The molecule has 2 rings (SSSR count). The van der Waals surface area contributed by atoms with E-state index in [0.717, 1.165) is 11.1 Å². The second-order valence-corrected chi connectivity index (χ2v) is 3.65. The van der Waals surface area contributed by atoms with Crippen LogP contribution < -0.4 is 10.6 Å². The van der Waals surface area contributed by atoms with Crippen LogP contribution in [0.1, 0.15) is 11.1 Å². The molecule has 0 unspecified atom stereocenters. The maximum absolute atomic E-state index is 11.5. The Morgan fingerprint density at radius 2 is 1.71 bits per heavy atom. The molecule has 88 valence electrons. The summed E-state index contributed by atoms with van der Waals surface area (Å²) in [4.78, 5) is 11.5. The highest BCUT2D eigenvalue weighted by atomic mass is 16.3. The van der Waals surface area contributed by atoms with Gasteiger partial charge >= 0.3 is 6.03 Å². The number of carbonyl (C=O) groups is 1. The molecule has 1 aromatic carbocycles. The maximum Gasteiger partial charge on any atom is 0.315 e. The smallest absolute Gasteiger partial charge is 0.315 e. The van der Waals surface area contributed by atoms with E-state index < -0.39 is 0 Å². The molecular formula is C13H14N2O2. The molecule has 0 atom stereocenters. The molecule has 1 aromatic heterocycles. The van der Waals surface area contributed by atoms with Gasteiger partial charge in [0.25, 0.3) is 0 Å². The van der Waals surface area contributed by atoms with Crippen molar-refractivity contribution in [2.24, 2.45) is 0 Å². The van der Waals surface area contributed by atoms with Crippen molar-refractivity contribution in [1.29, 1.82) is 0 Å². The molecule has 2 amide bonds. The van der Waals surface area contributed by atoms with Gasteiger partial charge in [-0.15, -0.1) is 0 Å². The summed E-state index contributed by atoms with van der Waals surface area (Å²) in [6.45, 7) is 0.995. The molecule has 0 aliphatic rings. The predicted molar refractivity (Wildman–Crippen MR) is 64.2 cm³/mol. The Morgan fingerprint density at radius 3 is 2.35 bits per heavy atom. The highest BCUT2D eigenvalue weighted by Gasteiger charge is 2.00. The minimum absolute atomic E-state index is 0.185. The summed E-state index contributed by atoms with van der Waals surface area (Å²) < 4.78 is 4.90. The second kappa shape index (κ2) is 5.75. The first-order valence-electron chi connectivity index (χ1n) is 5.41. The Balaban J connectivity index is 1.71. The van der Waals surface area contributed by atoms with Crippen molar-refractivity contribution in [2.75, 3.05) is 0 Å². The molecule has 0 spiro atoms. The molecule has 2 N–H and O–H groups in total. The fraction of sp³-hybridized carbons (Fsp3) is 0.154. The summed E-state index contributed by atoms with van der Waals surface area (Å²) in [5.41, 5.74) is 2.02. The van der Waals surface area contributed by atoms with Crippen molar-refractivity contribution in [3.63, 3.8) is 0 Å². The van der Waals surface area contributed by atoms with E-state index in [2.05, 4.69) is 10.6 Å². The molecule has 0 aliphatic carbocycles. The largest absolute Gasteiger partial charge is 0.472 e. The van der Waals surface area contributed by atoms with E-state index in [0.29, 0.717) is 13.1 Å². The Bertz CT molecular complexity index is 452. The van der Waals surface area contributed by atoms with Crippen LogP contribution in [0.4, 0.5) is 4.79 Å². The summed E-state index contributed by atoms with van der Waals surface area (Å²) in [6, 6.07) is 11.4. The molecule has 1 heterocycles. The number of benzene rings is 1. The van der Waals surface area contributed by atoms with Gasteiger partial charge in [0, 0.05) is 18.7 Å². The third-order valence-electron chi connectivity index (χ3n) is 2.33. The van der Waals surface area contributed by atoms with Crippen LogP contribution in [0.2, 0.25) is 0 Å². The summed E-state index contributed by atoms with van der Waals surface area (Å²) >= 11 is 0. The van der Waals surface area contributed by atoms with Crippen LogP contribution in [0.15, 0.2) is 53.3 Å². The Labute approximate surface area is 99.6 Å². The fourth-order valence-corrected chi connectivity index (χ4v) is 1.42. The van der Waals surface area contributed by atoms with Crippen molar-refractivity contribution in [3.05, 3.63) is 60.1 Å². The first kappa shape index (κ1) is 11.3. The summed E-state index contributed by atoms with van der Waals surface area (Å²) in [7, 11) is 0. The number of amides is 2. The quantitative estimate of drug-likeness (QED) is 0.846. The number of urea groups is 1. The highest BCUT2D eigenvalue weighted by molar-refractivity contribution is 5.73. The molecule has 0 radical (unpaired) electrons. The van der Waals surface area contributed by atoms with Crippen LogP contribution in [0.25, 0.3) is 0 Å². The van der Waals surface area contributed by atoms with Crippen LogP contribution in [0.5, 0.6) is 0 Å². The molecular weight excluding hydrogens is 216 g/mol. The molecule has 2 aromatic rings. The number of nitrogens with one attached hydrogen (secondary N) is 2. The van der Waals surface area contributed by atoms with Crippen LogP contribution in [0.3, 0.4) is 0 Å². The minimum atomic E-state index is -0.185. The minimum Gasteiger partial charge on any atom is -0.472 e. The molecule has 0 saturated carbocycles. The fourth-order valence-electron chi connectivity index (χ4n) is 1.42. The molecule has 0 aliphatic heterocycles. The monoisotopic (exact) mass is 230 g/mol. The molecule has 17 heavy (non-hydrogen) atoms. The molecule has 0 fully saturated rings. The van der Waals surface area contributed by atoms with Crippen molar-refractivity contribution < 1.29 is 9.21 Å². The van der Waals surface area contributed by atoms with Crippen LogP contribution in [0, 0.1) is 0 Å². The van der Waals surface area contributed by atoms with Crippen LogP contribution in [-0.2, 0) is 13.1 Å². The van der Waals surface area contributed by atoms with E-state index >= 15 is 0 Å². The number of hydrogen-bond donors (Lipinski definition) is 2. The number of rotatable bonds is 4. The van der Waals surface area contributed by atoms with Gasteiger partial charge in [-0.05, 0) is 11.6 Å². The lowest BCUT2D eigenvalue weighted by molar-refractivity contribution is 0.240. The van der Waals surface area contributed by atoms with Gasteiger partial charge in [0.15, 0.2) is 0 Å². The lowest BCUT2D eigenvalue weighted by Crippen LogP contribution is -2.34. The predicted octanol–water partition coefficient (Wildman–Crippen LogP) is 2.28. The lowest BCUT2D eigenvalue weighted by Gasteiger charge is -2.06. The van der Waals surface area contributed by atoms with E-state index in [1.54, 1.807) is 12.5 Å². The van der Waals surface area contributed by atoms with Gasteiger partial charge in [0.1, 0.15) is 0 Å². The number of hydrogen-bond acceptors (Lipinski definition) is 2. The summed E-state index contributed by atoms with van der Waals surface area (Å²) in [5.74, 6) is 0. The van der Waals surface area contributed by atoms with Crippen molar-refractivity contribution >= 4 is 6.03 Å². The van der Waals surface area contributed by atoms with Crippen molar-refractivity contribution in [3.8, 4) is 0 Å². The van der Waals surface area contributed by atoms with Gasteiger partial charge in [-0.2, -0.15) is 0 Å². The second-order valence-electron chi connectivity index (χ2n) is 3.65. The molecule has 4 heteroatoms. The first-order valence-corrected chi connectivity index (χ1v) is 5.41. The summed E-state index contributed by atoms with van der Waals surface area (Å²) in [5, 5.41) is 5.53. The zero-order valence-corrected chi connectivity index (χ0v) is 9.35. The number of carbonyl (C=O) groups excluding carboxylic acids is 1. The van der Waals surface area contributed by atoms with Gasteiger partial charge in [-0.25, -0.2) is 4.79 Å². The van der Waals surface area contributed by atoms with Crippen LogP contribution in [-0.4, -0.2) is 6.03 Å². The standard InChI is InChI=1S/C13H14N2O2/c16-13(15-9-12-6-7-17-10-12)14-8-11-4-2-1-3-5-11/h1-7,10H,8-9H2,(H2,14,15,16). The maximum atomic E-state index is 11.5. The number of furan rings is 1. The third kappa shape index (κ3) is 3.68. The Kier molecular flexibility index (Phi) is 3.81. The van der Waals surface area contributed by atoms with E-state index in [1.165, 1.54) is 0 Å². The van der Waals surface area contributed by atoms with Crippen molar-refractivity contribution in [1.82, 2.24) is 10.6 Å². The van der Waals surface area contributed by atoms with E-state index in [1.807, 2.05) is 36.4 Å². The van der Waals surface area contributed by atoms with Gasteiger partial charge in [-0.1, -0.05) is 30.3 Å². The van der Waals surface area contributed by atoms with Gasteiger partial charge in [0.2, 0.25) is 0 Å². The topological polar surface area (TPSA) is 54.3 Å². The zero-order chi connectivity index (χ0) is 11.9. The average Bonchev–Trinajstić information content (AvgIpc) is 2.88. The molecule has 0 saturated heterocycles. The average molecular weight is 230 g/mol. The Hall–Kier alpha value is -2.23. The summed E-state index contributed by atoms with van der Waals surface area (Å²) in [6.07, 6.45) is 3.19. The van der Waals surface area contributed by atoms with Crippen LogP contribution >= 0.6 is 0 Å². The van der Waals surface area contributed by atoms with E-state index in [4.69, 9.17) is 4.42 Å². The normalized spacial score (nSPS) is 9.88. The van der Waals surface area contributed by atoms with Gasteiger partial charge in [0.05, 0.1) is 12.5 Å². The van der Waals surface area contributed by atoms with Gasteiger partial charge in [-0.3, -0.25) is 0 Å². The van der Waals surface area contributed by atoms with Crippen molar-refractivity contribution in [2.45, 2.75) is 13.1 Å². The first-order chi connectivity index (χ1) is 8.34. The molecule has 0 bridgehead atoms. The van der Waals surface area contributed by atoms with Gasteiger partial charge < -0.3 is 15.1 Å². The van der Waals surface area contributed by atoms with E-state index in [9.17, 15) is 4.79 Å². The SMILES string of the molecule is O=C(NCc1ccccc1)NCc1ccoc1. The highest BCUT2D eigenvalue weighted by Crippen LogP contribution is 1.99. The lowest BCUT2D eigenvalue weighted by atomic mass is 10.2. The third-order valence-corrected chi connectivity index (χ3v) is 2.33. The Morgan fingerprint density at radius 1 is 1.00 bits per heavy atom. The molecule has 4 nitrogen and oxygen atoms in total.